The van der Waals surface area contributed by atoms with Crippen molar-refractivity contribution >= 4 is 29.9 Å². The summed E-state index contributed by atoms with van der Waals surface area (Å²) in [6.45, 7) is 6.85. The first-order chi connectivity index (χ1) is 15.7. The Hall–Kier alpha value is -1.87. The van der Waals surface area contributed by atoms with E-state index < -0.39 is 0 Å². The predicted molar refractivity (Wildman–Crippen MR) is 141 cm³/mol. The molecule has 1 N–H and O–H groups in total. The number of guanidine groups is 1. The van der Waals surface area contributed by atoms with Gasteiger partial charge in [-0.2, -0.15) is 0 Å². The highest BCUT2D eigenvalue weighted by molar-refractivity contribution is 14.0. The lowest BCUT2D eigenvalue weighted by Crippen LogP contribution is -2.48. The van der Waals surface area contributed by atoms with Crippen LogP contribution in [0.25, 0.3) is 0 Å². The molecule has 0 radical (unpaired) electrons. The van der Waals surface area contributed by atoms with Crippen LogP contribution in [-0.2, 0) is 10.2 Å². The Bertz CT molecular complexity index is 865. The van der Waals surface area contributed by atoms with Crippen LogP contribution in [-0.4, -0.2) is 56.4 Å². The second-order valence-electron chi connectivity index (χ2n) is 8.69. The topological polar surface area (TPSA) is 46.1 Å². The molecule has 0 aromatic heterocycles. The zero-order valence-electron chi connectivity index (χ0n) is 19.3. The molecule has 0 bridgehead atoms. The molecular weight excluding hydrogens is 532 g/mol. The third-order valence-electron chi connectivity index (χ3n) is 6.56. The zero-order chi connectivity index (χ0) is 22.2. The van der Waals surface area contributed by atoms with Crippen molar-refractivity contribution in [2.75, 3.05) is 39.4 Å². The number of piperidine rings is 1. The van der Waals surface area contributed by atoms with Gasteiger partial charge in [-0.1, -0.05) is 30.3 Å². The summed E-state index contributed by atoms with van der Waals surface area (Å²) in [6.07, 6.45) is 3.97. The van der Waals surface area contributed by atoms with Gasteiger partial charge in [0, 0.05) is 51.1 Å². The first-order valence-corrected chi connectivity index (χ1v) is 11.8. The summed E-state index contributed by atoms with van der Waals surface area (Å²) >= 11 is 0. The van der Waals surface area contributed by atoms with Crippen LogP contribution in [0.1, 0.15) is 38.2 Å². The Labute approximate surface area is 213 Å². The highest BCUT2D eigenvalue weighted by Gasteiger charge is 2.35. The Morgan fingerprint density at radius 1 is 1.09 bits per heavy atom. The number of nitrogens with one attached hydrogen (secondary N) is 1. The minimum atomic E-state index is -0.201. The summed E-state index contributed by atoms with van der Waals surface area (Å²) in [5, 5.41) is 3.48. The molecule has 4 rings (SSSR count). The van der Waals surface area contributed by atoms with Gasteiger partial charge in [0.25, 0.3) is 0 Å². The third kappa shape index (κ3) is 6.82. The Morgan fingerprint density at radius 3 is 2.39 bits per heavy atom. The van der Waals surface area contributed by atoms with Crippen molar-refractivity contribution in [2.45, 2.75) is 44.1 Å². The molecule has 2 heterocycles. The molecule has 2 aliphatic rings. The smallest absolute Gasteiger partial charge is 0.193 e. The molecule has 0 unspecified atom stereocenters. The van der Waals surface area contributed by atoms with Crippen molar-refractivity contribution in [1.29, 1.82) is 0 Å². The Kier molecular flexibility index (Phi) is 9.79. The minimum Gasteiger partial charge on any atom is -0.490 e. The number of hydrogen-bond donors (Lipinski definition) is 1. The van der Waals surface area contributed by atoms with Crippen LogP contribution in [0.4, 0.5) is 4.39 Å². The number of rotatable bonds is 6. The molecule has 2 aromatic carbocycles. The van der Waals surface area contributed by atoms with E-state index in [0.29, 0.717) is 19.8 Å². The average Bonchev–Trinajstić information content (AvgIpc) is 2.84. The largest absolute Gasteiger partial charge is 0.490 e. The van der Waals surface area contributed by atoms with Gasteiger partial charge in [0.05, 0.1) is 6.54 Å². The van der Waals surface area contributed by atoms with Gasteiger partial charge >= 0.3 is 0 Å². The Morgan fingerprint density at radius 2 is 1.76 bits per heavy atom. The Balaban J connectivity index is 0.00000306. The van der Waals surface area contributed by atoms with Gasteiger partial charge in [-0.05, 0) is 49.6 Å². The third-order valence-corrected chi connectivity index (χ3v) is 6.56. The van der Waals surface area contributed by atoms with Crippen molar-refractivity contribution < 1.29 is 13.9 Å². The molecule has 0 saturated carbocycles. The normalized spacial score (nSPS) is 19.0. The van der Waals surface area contributed by atoms with Gasteiger partial charge in [-0.25, -0.2) is 4.39 Å². The number of para-hydroxylation sites is 1. The lowest BCUT2D eigenvalue weighted by atomic mass is 9.74. The van der Waals surface area contributed by atoms with Crippen LogP contribution in [0.15, 0.2) is 59.6 Å². The average molecular weight is 567 g/mol. The lowest BCUT2D eigenvalue weighted by Gasteiger charge is -2.38. The SMILES string of the molecule is CCNC(=NCC1(c2ccc(F)cc2)CCOCC1)N1CCC(Oc2ccccc2)CC1.I. The van der Waals surface area contributed by atoms with Gasteiger partial charge in [-0.3, -0.25) is 4.99 Å². The van der Waals surface area contributed by atoms with Crippen LogP contribution in [0.5, 0.6) is 5.75 Å². The molecule has 2 saturated heterocycles. The summed E-state index contributed by atoms with van der Waals surface area (Å²) in [5.41, 5.74) is 1.04. The maximum Gasteiger partial charge on any atom is 0.193 e. The van der Waals surface area contributed by atoms with Gasteiger partial charge in [0.2, 0.25) is 0 Å². The van der Waals surface area contributed by atoms with Gasteiger partial charge in [0.1, 0.15) is 17.7 Å². The molecule has 2 aliphatic heterocycles. The van der Waals surface area contributed by atoms with E-state index in [4.69, 9.17) is 14.5 Å². The van der Waals surface area contributed by atoms with Crippen LogP contribution in [0.3, 0.4) is 0 Å². The number of likely N-dealkylation sites (tertiary alicyclic amines) is 1. The van der Waals surface area contributed by atoms with Gasteiger partial charge in [0.15, 0.2) is 5.96 Å². The van der Waals surface area contributed by atoms with Crippen LogP contribution >= 0.6 is 24.0 Å². The highest BCUT2D eigenvalue weighted by atomic mass is 127. The van der Waals surface area contributed by atoms with Crippen molar-refractivity contribution in [3.05, 3.63) is 66.0 Å². The lowest BCUT2D eigenvalue weighted by molar-refractivity contribution is 0.0529. The van der Waals surface area contributed by atoms with Crippen molar-refractivity contribution in [1.82, 2.24) is 10.2 Å². The van der Waals surface area contributed by atoms with Crippen LogP contribution in [0, 0.1) is 5.82 Å². The standard InChI is InChI=1S/C26H34FN3O2.HI/c1-2-28-25(30-16-12-24(13-17-30)32-23-6-4-3-5-7-23)29-20-26(14-18-31-19-15-26)21-8-10-22(27)11-9-21;/h3-11,24H,2,12-20H2,1H3,(H,28,29);1H. The maximum absolute atomic E-state index is 13.5. The molecule has 2 fully saturated rings. The number of hydrogen-bond acceptors (Lipinski definition) is 3. The molecule has 180 valence electrons. The summed E-state index contributed by atoms with van der Waals surface area (Å²) in [7, 11) is 0. The van der Waals surface area contributed by atoms with E-state index in [1.165, 1.54) is 0 Å². The fraction of sp³-hybridized carbons (Fsp3) is 0.500. The number of aliphatic imine (C=N–C) groups is 1. The summed E-state index contributed by atoms with van der Waals surface area (Å²) in [5.74, 6) is 1.69. The number of benzene rings is 2. The van der Waals surface area contributed by atoms with E-state index in [9.17, 15) is 4.39 Å². The molecule has 5 nitrogen and oxygen atoms in total. The second-order valence-corrected chi connectivity index (χ2v) is 8.69. The van der Waals surface area contributed by atoms with E-state index in [0.717, 1.165) is 62.6 Å². The van der Waals surface area contributed by atoms with Crippen molar-refractivity contribution in [3.8, 4) is 5.75 Å². The molecular formula is C26H35FIN3O2. The fourth-order valence-corrected chi connectivity index (χ4v) is 4.63. The van der Waals surface area contributed by atoms with Crippen molar-refractivity contribution in [3.63, 3.8) is 0 Å². The molecule has 2 aromatic rings. The first kappa shape index (κ1) is 25.7. The zero-order valence-corrected chi connectivity index (χ0v) is 21.7. The molecule has 0 atom stereocenters. The monoisotopic (exact) mass is 567 g/mol. The summed E-state index contributed by atoms with van der Waals surface area (Å²) in [6, 6.07) is 17.0. The van der Waals surface area contributed by atoms with E-state index in [1.54, 1.807) is 12.1 Å². The van der Waals surface area contributed by atoms with E-state index in [2.05, 4.69) is 17.1 Å². The van der Waals surface area contributed by atoms with E-state index in [1.807, 2.05) is 42.5 Å². The first-order valence-electron chi connectivity index (χ1n) is 11.8. The van der Waals surface area contributed by atoms with Crippen LogP contribution < -0.4 is 10.1 Å². The predicted octanol–water partition coefficient (Wildman–Crippen LogP) is 5.00. The van der Waals surface area contributed by atoms with E-state index >= 15 is 0 Å². The van der Waals surface area contributed by atoms with Gasteiger partial charge in [-0.15, -0.1) is 24.0 Å². The van der Waals surface area contributed by atoms with E-state index in [-0.39, 0.29) is 41.3 Å². The fourth-order valence-electron chi connectivity index (χ4n) is 4.63. The number of ether oxygens (including phenoxy) is 2. The minimum absolute atomic E-state index is 0. The maximum atomic E-state index is 13.5. The highest BCUT2D eigenvalue weighted by Crippen LogP contribution is 2.35. The number of halogens is 2. The summed E-state index contributed by atoms with van der Waals surface area (Å²) < 4.78 is 25.3. The quantitative estimate of drug-likeness (QED) is 0.303. The number of nitrogens with zero attached hydrogens (tertiary/aromatic N) is 2. The molecule has 0 spiro atoms. The van der Waals surface area contributed by atoms with Crippen molar-refractivity contribution in [2.24, 2.45) is 4.99 Å². The van der Waals surface area contributed by atoms with Crippen LogP contribution in [0.2, 0.25) is 0 Å². The second kappa shape index (κ2) is 12.6. The summed E-state index contributed by atoms with van der Waals surface area (Å²) in [4.78, 5) is 7.42. The van der Waals surface area contributed by atoms with Gasteiger partial charge < -0.3 is 19.7 Å². The molecule has 0 aliphatic carbocycles. The molecule has 0 amide bonds. The molecule has 33 heavy (non-hydrogen) atoms. The molecule has 7 heteroatoms.